The molecule has 0 aliphatic rings. The minimum atomic E-state index is -0.442. The van der Waals surface area contributed by atoms with E-state index in [2.05, 4.69) is 23.5 Å². The number of nitrogens with zero attached hydrogens (tertiary/aromatic N) is 3. The van der Waals surface area contributed by atoms with Crippen LogP contribution in [0.4, 0.5) is 0 Å². The van der Waals surface area contributed by atoms with Gasteiger partial charge in [-0.1, -0.05) is 18.2 Å². The molecule has 126 valence electrons. The lowest BCUT2D eigenvalue weighted by Crippen LogP contribution is -2.34. The van der Waals surface area contributed by atoms with Crippen molar-refractivity contribution in [3.05, 3.63) is 77.2 Å². The van der Waals surface area contributed by atoms with Crippen molar-refractivity contribution >= 4 is 22.6 Å². The smallest absolute Gasteiger partial charge is 0.267 e. The number of hydrogen-bond donors (Lipinski definition) is 2. The summed E-state index contributed by atoms with van der Waals surface area (Å²) in [5.41, 5.74) is 0.603. The lowest BCUT2D eigenvalue weighted by atomic mass is 10.2. The molecule has 0 aliphatic carbocycles. The quantitative estimate of drug-likeness (QED) is 0.542. The summed E-state index contributed by atoms with van der Waals surface area (Å²) < 4.78 is 2.91. The van der Waals surface area contributed by atoms with Gasteiger partial charge in [0, 0.05) is 19.3 Å². The highest BCUT2D eigenvalue weighted by molar-refractivity contribution is 5.96. The molecular weight excluding hydrogens is 318 g/mol. The molecule has 25 heavy (non-hydrogen) atoms. The van der Waals surface area contributed by atoms with Gasteiger partial charge in [-0.2, -0.15) is 0 Å². The van der Waals surface area contributed by atoms with Gasteiger partial charge >= 0.3 is 0 Å². The van der Waals surface area contributed by atoms with Gasteiger partial charge in [0.2, 0.25) is 0 Å². The second kappa shape index (κ2) is 6.56. The zero-order valence-electron chi connectivity index (χ0n) is 13.5. The maximum atomic E-state index is 12.8. The normalized spacial score (nSPS) is 10.7. The van der Waals surface area contributed by atoms with Gasteiger partial charge in [0.25, 0.3) is 11.5 Å². The average molecular weight is 335 g/mol. The minimum Gasteiger partial charge on any atom is -0.348 e. The van der Waals surface area contributed by atoms with Crippen LogP contribution in [0, 0.1) is 5.41 Å². The summed E-state index contributed by atoms with van der Waals surface area (Å²) in [5, 5.41) is 11.3. The van der Waals surface area contributed by atoms with Gasteiger partial charge in [0.1, 0.15) is 16.8 Å². The van der Waals surface area contributed by atoms with E-state index in [-0.39, 0.29) is 35.1 Å². The first-order valence-corrected chi connectivity index (χ1v) is 7.68. The van der Waals surface area contributed by atoms with Crippen LogP contribution in [0.15, 0.2) is 60.6 Å². The molecule has 0 radical (unpaired) electrons. The van der Waals surface area contributed by atoms with Gasteiger partial charge in [-0.15, -0.1) is 13.2 Å². The van der Waals surface area contributed by atoms with E-state index in [9.17, 15) is 9.59 Å². The highest BCUT2D eigenvalue weighted by atomic mass is 16.1. The maximum Gasteiger partial charge on any atom is 0.267 e. The van der Waals surface area contributed by atoms with Gasteiger partial charge in [-0.3, -0.25) is 19.4 Å². The van der Waals surface area contributed by atoms with E-state index in [1.54, 1.807) is 36.5 Å². The first-order valence-electron chi connectivity index (χ1n) is 7.68. The largest absolute Gasteiger partial charge is 0.348 e. The summed E-state index contributed by atoms with van der Waals surface area (Å²) in [6.45, 7) is 7.76. The average Bonchev–Trinajstić information content (AvgIpc) is 2.62. The highest BCUT2D eigenvalue weighted by Gasteiger charge is 2.16. The molecule has 3 rings (SSSR count). The van der Waals surface area contributed by atoms with Crippen LogP contribution < -0.4 is 16.4 Å². The molecule has 0 atom stereocenters. The van der Waals surface area contributed by atoms with E-state index >= 15 is 0 Å². The Labute approximate surface area is 143 Å². The van der Waals surface area contributed by atoms with Crippen LogP contribution in [0.1, 0.15) is 10.4 Å². The first-order chi connectivity index (χ1) is 12.1. The Hall–Kier alpha value is -3.48. The van der Waals surface area contributed by atoms with Crippen LogP contribution >= 0.6 is 0 Å². The van der Waals surface area contributed by atoms with Gasteiger partial charge in [-0.05, 0) is 18.2 Å². The van der Waals surface area contributed by atoms with Crippen molar-refractivity contribution in [3.8, 4) is 0 Å². The SMILES string of the molecule is C=CCNC(=O)c1cc2c(=O)n3ccccc3nc2n(CC=C)c1=N. The van der Waals surface area contributed by atoms with Crippen molar-refractivity contribution < 1.29 is 4.79 Å². The topological polar surface area (TPSA) is 92.2 Å². The number of carbonyl (C=O) groups excluding carboxylic acids is 1. The van der Waals surface area contributed by atoms with Crippen LogP contribution in [0.2, 0.25) is 0 Å². The molecule has 0 saturated carbocycles. The summed E-state index contributed by atoms with van der Waals surface area (Å²) in [5.74, 6) is -0.442. The molecule has 3 aromatic rings. The van der Waals surface area contributed by atoms with Crippen molar-refractivity contribution in [2.45, 2.75) is 6.54 Å². The fourth-order valence-electron chi connectivity index (χ4n) is 2.63. The predicted molar refractivity (Wildman–Crippen MR) is 95.5 cm³/mol. The van der Waals surface area contributed by atoms with E-state index in [1.165, 1.54) is 15.0 Å². The molecule has 3 heterocycles. The van der Waals surface area contributed by atoms with E-state index in [0.717, 1.165) is 0 Å². The van der Waals surface area contributed by atoms with Gasteiger partial charge in [0.15, 0.2) is 0 Å². The van der Waals surface area contributed by atoms with Crippen molar-refractivity contribution in [2.75, 3.05) is 6.54 Å². The Bertz CT molecular complexity index is 1120. The third kappa shape index (κ3) is 2.76. The molecule has 3 aromatic heterocycles. The summed E-state index contributed by atoms with van der Waals surface area (Å²) in [6.07, 6.45) is 4.76. The van der Waals surface area contributed by atoms with E-state index in [4.69, 9.17) is 5.41 Å². The Morgan fingerprint density at radius 1 is 1.32 bits per heavy atom. The summed E-state index contributed by atoms with van der Waals surface area (Å²) in [7, 11) is 0. The number of pyridine rings is 2. The van der Waals surface area contributed by atoms with Crippen LogP contribution in [0.5, 0.6) is 0 Å². The van der Waals surface area contributed by atoms with E-state index in [0.29, 0.717) is 11.3 Å². The maximum absolute atomic E-state index is 12.8. The summed E-state index contributed by atoms with van der Waals surface area (Å²) in [4.78, 5) is 29.7. The zero-order chi connectivity index (χ0) is 18.0. The van der Waals surface area contributed by atoms with E-state index in [1.807, 2.05) is 0 Å². The Kier molecular flexibility index (Phi) is 4.30. The molecule has 0 spiro atoms. The number of carbonyl (C=O) groups is 1. The van der Waals surface area contributed by atoms with Gasteiger partial charge < -0.3 is 9.88 Å². The highest BCUT2D eigenvalue weighted by Crippen LogP contribution is 2.10. The lowest BCUT2D eigenvalue weighted by Gasteiger charge is -2.13. The molecule has 0 fully saturated rings. The molecule has 7 nitrogen and oxygen atoms in total. The number of allylic oxidation sites excluding steroid dienone is 1. The summed E-state index contributed by atoms with van der Waals surface area (Å²) >= 11 is 0. The third-order valence-electron chi connectivity index (χ3n) is 3.78. The number of nitrogens with one attached hydrogen (secondary N) is 2. The number of rotatable bonds is 5. The predicted octanol–water partition coefficient (Wildman–Crippen LogP) is 1.23. The Morgan fingerprint density at radius 3 is 2.84 bits per heavy atom. The molecule has 2 N–H and O–H groups in total. The molecule has 0 unspecified atom stereocenters. The fraction of sp³-hybridized carbons (Fsp3) is 0.111. The zero-order valence-corrected chi connectivity index (χ0v) is 13.5. The van der Waals surface area contributed by atoms with Crippen molar-refractivity contribution in [2.24, 2.45) is 0 Å². The number of amides is 1. The van der Waals surface area contributed by atoms with E-state index < -0.39 is 5.91 Å². The molecule has 0 bridgehead atoms. The monoisotopic (exact) mass is 335 g/mol. The van der Waals surface area contributed by atoms with Crippen LogP contribution in [0.3, 0.4) is 0 Å². The summed E-state index contributed by atoms with van der Waals surface area (Å²) in [6, 6.07) is 6.65. The van der Waals surface area contributed by atoms with Crippen molar-refractivity contribution in [1.82, 2.24) is 19.3 Å². The minimum absolute atomic E-state index is 0.0267. The molecule has 0 aliphatic heterocycles. The van der Waals surface area contributed by atoms with Gasteiger partial charge in [0.05, 0.1) is 10.9 Å². The van der Waals surface area contributed by atoms with Crippen molar-refractivity contribution in [3.63, 3.8) is 0 Å². The molecule has 7 heteroatoms. The fourth-order valence-corrected chi connectivity index (χ4v) is 2.63. The van der Waals surface area contributed by atoms with Crippen LogP contribution in [-0.4, -0.2) is 26.4 Å². The Balaban J connectivity index is 2.41. The Morgan fingerprint density at radius 2 is 2.12 bits per heavy atom. The number of hydrogen-bond acceptors (Lipinski definition) is 4. The molecule has 0 saturated heterocycles. The second-order valence-electron chi connectivity index (χ2n) is 5.39. The second-order valence-corrected chi connectivity index (χ2v) is 5.39. The first kappa shape index (κ1) is 16.4. The number of fused-ring (bicyclic) bond motifs is 2. The number of aromatic nitrogens is 3. The van der Waals surface area contributed by atoms with Crippen LogP contribution in [-0.2, 0) is 6.54 Å². The van der Waals surface area contributed by atoms with Crippen LogP contribution in [0.25, 0.3) is 16.7 Å². The lowest BCUT2D eigenvalue weighted by molar-refractivity contribution is 0.0955. The molecule has 1 amide bonds. The molecule has 0 aromatic carbocycles. The standard InChI is InChI=1S/C18H17N5O2/c1-3-8-20-17(24)12-11-13-16(23(9-4-2)15(12)19)21-14-7-5-6-10-22(14)18(13)25/h3-7,10-11,19H,1-2,8-9H2,(H,20,24). The van der Waals surface area contributed by atoms with Crippen molar-refractivity contribution in [1.29, 1.82) is 5.41 Å². The third-order valence-corrected chi connectivity index (χ3v) is 3.78. The van der Waals surface area contributed by atoms with Gasteiger partial charge in [-0.25, -0.2) is 4.98 Å². The molecular formula is C18H17N5O2.